The molecule has 0 amide bonds. The highest BCUT2D eigenvalue weighted by Crippen LogP contribution is 2.14. The van der Waals surface area contributed by atoms with Crippen LogP contribution in [0.2, 0.25) is 0 Å². The monoisotopic (exact) mass is 191 g/mol. The average Bonchev–Trinajstić information content (AvgIpc) is 1.96. The summed E-state index contributed by atoms with van der Waals surface area (Å²) in [7, 11) is -1.27. The number of nitrogens with zero attached hydrogens (tertiary/aromatic N) is 1. The van der Waals surface area contributed by atoms with Gasteiger partial charge in [0.15, 0.2) is 8.09 Å². The second-order valence-corrected chi connectivity index (χ2v) is 4.94. The fourth-order valence-electron chi connectivity index (χ4n) is 0.555. The van der Waals surface area contributed by atoms with E-state index < -0.39 is 8.09 Å². The SMILES string of the molecule is CC(C)C/N=[P](\O)NCC(C)C. The van der Waals surface area contributed by atoms with Crippen molar-refractivity contribution in [1.29, 1.82) is 0 Å². The molecular formula is C8H20N2OP. The van der Waals surface area contributed by atoms with Crippen molar-refractivity contribution in [1.82, 2.24) is 5.09 Å². The van der Waals surface area contributed by atoms with Gasteiger partial charge in [-0.2, -0.15) is 0 Å². The number of hydrogen-bond acceptors (Lipinski definition) is 1. The highest BCUT2D eigenvalue weighted by molar-refractivity contribution is 7.38. The van der Waals surface area contributed by atoms with Gasteiger partial charge < -0.3 is 4.89 Å². The summed E-state index contributed by atoms with van der Waals surface area (Å²) >= 11 is 0. The highest BCUT2D eigenvalue weighted by Gasteiger charge is 1.96. The van der Waals surface area contributed by atoms with Crippen LogP contribution in [-0.4, -0.2) is 18.0 Å². The summed E-state index contributed by atoms with van der Waals surface area (Å²) in [5.41, 5.74) is 0. The fourth-order valence-corrected chi connectivity index (χ4v) is 1.66. The minimum Gasteiger partial charge on any atom is -0.324 e. The molecule has 0 spiro atoms. The molecule has 0 saturated heterocycles. The van der Waals surface area contributed by atoms with Crippen LogP contribution in [0.3, 0.4) is 0 Å². The summed E-state index contributed by atoms with van der Waals surface area (Å²) < 4.78 is 4.10. The molecule has 1 unspecified atom stereocenters. The van der Waals surface area contributed by atoms with Crippen molar-refractivity contribution in [2.45, 2.75) is 27.7 Å². The lowest BCUT2D eigenvalue weighted by Gasteiger charge is -2.06. The summed E-state index contributed by atoms with van der Waals surface area (Å²) in [6.45, 7) is 9.98. The summed E-state index contributed by atoms with van der Waals surface area (Å²) in [6.07, 6.45) is 0. The number of hydrogen-bond donors (Lipinski definition) is 2. The molecule has 4 heteroatoms. The standard InChI is InChI=1S/C8H20N2OP/c1-7(2)5-9-12(11)10-6-8(3)4/h7-8H,5-6H2,1-4H3,(H2,9,10,11). The molecule has 0 heterocycles. The molecule has 0 aliphatic rings. The molecule has 0 saturated carbocycles. The van der Waals surface area contributed by atoms with E-state index in [0.29, 0.717) is 11.8 Å². The third-order valence-electron chi connectivity index (χ3n) is 1.22. The van der Waals surface area contributed by atoms with Gasteiger partial charge >= 0.3 is 0 Å². The Balaban J connectivity index is 3.56. The Labute approximate surface area is 76.2 Å². The minimum absolute atomic E-state index is 0.531. The summed E-state index contributed by atoms with van der Waals surface area (Å²) in [5.74, 6) is 1.10. The van der Waals surface area contributed by atoms with Crippen molar-refractivity contribution in [2.24, 2.45) is 16.6 Å². The summed E-state index contributed by atoms with van der Waals surface area (Å²) in [4.78, 5) is 9.33. The molecule has 3 nitrogen and oxygen atoms in total. The zero-order valence-electron chi connectivity index (χ0n) is 8.41. The van der Waals surface area contributed by atoms with E-state index in [2.05, 4.69) is 37.5 Å². The Morgan fingerprint density at radius 2 is 1.83 bits per heavy atom. The quantitative estimate of drug-likeness (QED) is 0.655. The van der Waals surface area contributed by atoms with E-state index in [-0.39, 0.29) is 0 Å². The molecule has 0 fully saturated rings. The first-order valence-electron chi connectivity index (χ1n) is 4.42. The first-order chi connectivity index (χ1) is 5.52. The highest BCUT2D eigenvalue weighted by atomic mass is 31.1. The van der Waals surface area contributed by atoms with Gasteiger partial charge in [0.25, 0.3) is 0 Å². The molecule has 73 valence electrons. The second-order valence-electron chi connectivity index (χ2n) is 3.76. The smallest absolute Gasteiger partial charge is 0.156 e. The fraction of sp³-hybridized carbons (Fsp3) is 1.00. The molecule has 1 atom stereocenters. The zero-order chi connectivity index (χ0) is 9.56. The lowest BCUT2D eigenvalue weighted by molar-refractivity contribution is 0.573. The Bertz CT molecular complexity index is 146. The summed E-state index contributed by atoms with van der Waals surface area (Å²) in [6, 6.07) is 0. The molecule has 12 heavy (non-hydrogen) atoms. The summed E-state index contributed by atoms with van der Waals surface area (Å²) in [5, 5.41) is 2.99. The van der Waals surface area contributed by atoms with Gasteiger partial charge in [0, 0.05) is 13.1 Å². The molecule has 0 aliphatic heterocycles. The Morgan fingerprint density at radius 1 is 1.25 bits per heavy atom. The normalized spacial score (nSPS) is 13.1. The lowest BCUT2D eigenvalue weighted by Crippen LogP contribution is -2.11. The molecule has 0 aromatic carbocycles. The molecule has 1 radical (unpaired) electrons. The third kappa shape index (κ3) is 8.12. The lowest BCUT2D eigenvalue weighted by atomic mass is 10.2. The number of nitrogens with one attached hydrogen (secondary N) is 1. The molecule has 0 aliphatic carbocycles. The van der Waals surface area contributed by atoms with Crippen molar-refractivity contribution in [2.75, 3.05) is 13.1 Å². The maximum Gasteiger partial charge on any atom is 0.156 e. The first kappa shape index (κ1) is 12.0. The van der Waals surface area contributed by atoms with Crippen LogP contribution < -0.4 is 5.09 Å². The van der Waals surface area contributed by atoms with Crippen LogP contribution in [0.1, 0.15) is 27.7 Å². The van der Waals surface area contributed by atoms with Crippen LogP contribution in [0.25, 0.3) is 0 Å². The van der Waals surface area contributed by atoms with Gasteiger partial charge in [-0.25, -0.2) is 9.83 Å². The van der Waals surface area contributed by atoms with Crippen molar-refractivity contribution in [3.63, 3.8) is 0 Å². The number of rotatable bonds is 5. The van der Waals surface area contributed by atoms with Crippen molar-refractivity contribution >= 4 is 8.09 Å². The van der Waals surface area contributed by atoms with Gasteiger partial charge in [-0.3, -0.25) is 0 Å². The maximum atomic E-state index is 9.33. The van der Waals surface area contributed by atoms with Crippen LogP contribution >= 0.6 is 8.09 Å². The van der Waals surface area contributed by atoms with Crippen molar-refractivity contribution in [3.8, 4) is 0 Å². The van der Waals surface area contributed by atoms with Crippen LogP contribution in [0, 0.1) is 11.8 Å². The maximum absolute atomic E-state index is 9.33. The predicted molar refractivity (Wildman–Crippen MR) is 54.1 cm³/mol. The van der Waals surface area contributed by atoms with Gasteiger partial charge in [-0.15, -0.1) is 0 Å². The Kier molecular flexibility index (Phi) is 6.54. The van der Waals surface area contributed by atoms with E-state index in [0.717, 1.165) is 13.1 Å². The first-order valence-corrected chi connectivity index (χ1v) is 5.67. The van der Waals surface area contributed by atoms with E-state index in [1.54, 1.807) is 0 Å². The van der Waals surface area contributed by atoms with Gasteiger partial charge in [0.2, 0.25) is 0 Å². The van der Waals surface area contributed by atoms with Crippen molar-refractivity contribution < 1.29 is 4.89 Å². The van der Waals surface area contributed by atoms with E-state index in [4.69, 9.17) is 0 Å². The Morgan fingerprint density at radius 3 is 2.25 bits per heavy atom. The third-order valence-corrected chi connectivity index (χ3v) is 2.12. The van der Waals surface area contributed by atoms with E-state index in [9.17, 15) is 4.89 Å². The van der Waals surface area contributed by atoms with Crippen LogP contribution in [0.5, 0.6) is 0 Å². The van der Waals surface area contributed by atoms with E-state index in [1.165, 1.54) is 0 Å². The minimum atomic E-state index is -1.27. The average molecular weight is 191 g/mol. The van der Waals surface area contributed by atoms with Gasteiger partial charge in [-0.05, 0) is 11.8 Å². The molecule has 2 N–H and O–H groups in total. The van der Waals surface area contributed by atoms with Crippen molar-refractivity contribution in [3.05, 3.63) is 0 Å². The van der Waals surface area contributed by atoms with Crippen LogP contribution in [0.4, 0.5) is 0 Å². The predicted octanol–water partition coefficient (Wildman–Crippen LogP) is 2.38. The zero-order valence-corrected chi connectivity index (χ0v) is 9.30. The molecular weight excluding hydrogens is 171 g/mol. The molecule has 0 bridgehead atoms. The molecule has 0 rings (SSSR count). The van der Waals surface area contributed by atoms with Gasteiger partial charge in [-0.1, -0.05) is 27.7 Å². The molecule has 0 aromatic heterocycles. The Hall–Kier alpha value is 0.0200. The second kappa shape index (κ2) is 6.53. The van der Waals surface area contributed by atoms with Crippen LogP contribution in [0.15, 0.2) is 4.74 Å². The van der Waals surface area contributed by atoms with Gasteiger partial charge in [0.1, 0.15) is 0 Å². The largest absolute Gasteiger partial charge is 0.324 e. The van der Waals surface area contributed by atoms with E-state index in [1.807, 2.05) is 0 Å². The van der Waals surface area contributed by atoms with Crippen LogP contribution in [-0.2, 0) is 0 Å². The van der Waals surface area contributed by atoms with Gasteiger partial charge in [0.05, 0.1) is 0 Å². The topological polar surface area (TPSA) is 44.6 Å². The van der Waals surface area contributed by atoms with E-state index >= 15 is 0 Å². The molecule has 0 aromatic rings.